The quantitative estimate of drug-likeness (QED) is 0.567. The molecule has 0 fully saturated rings. The molecule has 0 aliphatic rings. The molecule has 0 bridgehead atoms. The summed E-state index contributed by atoms with van der Waals surface area (Å²) in [5.74, 6) is 0.0132. The highest BCUT2D eigenvalue weighted by Crippen LogP contribution is 2.18. The number of carboxylic acid groups (broad SMARTS) is 1. The summed E-state index contributed by atoms with van der Waals surface area (Å²) in [6, 6.07) is 10.4. The van der Waals surface area contributed by atoms with Crippen LogP contribution in [0.2, 0.25) is 0 Å². The second-order valence-electron chi connectivity index (χ2n) is 5.45. The Kier molecular flexibility index (Phi) is 5.59. The van der Waals surface area contributed by atoms with Crippen LogP contribution in [0.15, 0.2) is 47.2 Å². The topological polar surface area (TPSA) is 116 Å². The van der Waals surface area contributed by atoms with Crippen molar-refractivity contribution < 1.29 is 14.6 Å². The van der Waals surface area contributed by atoms with E-state index in [-0.39, 0.29) is 12.2 Å². The van der Waals surface area contributed by atoms with E-state index in [4.69, 9.17) is 10.5 Å². The van der Waals surface area contributed by atoms with Gasteiger partial charge in [-0.3, -0.25) is 0 Å². The SMILES string of the molecule is Nc1cccc(-c2nncn2CCOCc2ccc(Br)cc2C(=O)O)n1. The third kappa shape index (κ3) is 4.24. The van der Waals surface area contributed by atoms with E-state index in [1.54, 1.807) is 42.7 Å². The van der Waals surface area contributed by atoms with E-state index < -0.39 is 5.97 Å². The van der Waals surface area contributed by atoms with Crippen LogP contribution in [0.25, 0.3) is 11.5 Å². The molecule has 134 valence electrons. The summed E-state index contributed by atoms with van der Waals surface area (Å²) < 4.78 is 8.16. The fourth-order valence-corrected chi connectivity index (χ4v) is 2.77. The van der Waals surface area contributed by atoms with Gasteiger partial charge in [-0.15, -0.1) is 10.2 Å². The van der Waals surface area contributed by atoms with E-state index in [2.05, 4.69) is 31.1 Å². The van der Waals surface area contributed by atoms with Crippen LogP contribution in [0.1, 0.15) is 15.9 Å². The third-order valence-electron chi connectivity index (χ3n) is 3.65. The monoisotopic (exact) mass is 417 g/mol. The minimum Gasteiger partial charge on any atom is -0.478 e. The van der Waals surface area contributed by atoms with Crippen LogP contribution in [-0.4, -0.2) is 37.4 Å². The van der Waals surface area contributed by atoms with Crippen molar-refractivity contribution in [2.45, 2.75) is 13.2 Å². The largest absolute Gasteiger partial charge is 0.478 e. The number of nitrogens with two attached hydrogens (primary N) is 1. The second-order valence-corrected chi connectivity index (χ2v) is 6.37. The Morgan fingerprint density at radius 2 is 2.15 bits per heavy atom. The summed E-state index contributed by atoms with van der Waals surface area (Å²) in [6.45, 7) is 1.06. The van der Waals surface area contributed by atoms with Gasteiger partial charge < -0.3 is 20.1 Å². The lowest BCUT2D eigenvalue weighted by Gasteiger charge is -2.09. The Labute approximate surface area is 157 Å². The van der Waals surface area contributed by atoms with Crippen molar-refractivity contribution in [2.75, 3.05) is 12.3 Å². The van der Waals surface area contributed by atoms with Crippen LogP contribution in [-0.2, 0) is 17.9 Å². The van der Waals surface area contributed by atoms with Crippen molar-refractivity contribution in [3.63, 3.8) is 0 Å². The van der Waals surface area contributed by atoms with Gasteiger partial charge in [0.15, 0.2) is 5.82 Å². The molecule has 1 aromatic carbocycles. The maximum absolute atomic E-state index is 11.3. The predicted molar refractivity (Wildman–Crippen MR) is 98.4 cm³/mol. The zero-order valence-corrected chi connectivity index (χ0v) is 15.3. The number of rotatable bonds is 7. The van der Waals surface area contributed by atoms with Gasteiger partial charge in [-0.1, -0.05) is 28.1 Å². The molecule has 26 heavy (non-hydrogen) atoms. The standard InChI is InChI=1S/C17H16BrN5O3/c18-12-5-4-11(13(8-12)17(24)25)9-26-7-6-23-10-20-22-16(23)14-2-1-3-15(19)21-14/h1-5,8,10H,6-7,9H2,(H2,19,21)(H,24,25). The van der Waals surface area contributed by atoms with Crippen molar-refractivity contribution in [1.29, 1.82) is 0 Å². The Hall–Kier alpha value is -2.78. The van der Waals surface area contributed by atoms with Crippen molar-refractivity contribution in [2.24, 2.45) is 0 Å². The average Bonchev–Trinajstić information content (AvgIpc) is 3.08. The van der Waals surface area contributed by atoms with Crippen LogP contribution >= 0.6 is 15.9 Å². The molecular weight excluding hydrogens is 402 g/mol. The van der Waals surface area contributed by atoms with E-state index in [1.165, 1.54) is 0 Å². The molecule has 0 radical (unpaired) electrons. The fourth-order valence-electron chi connectivity index (χ4n) is 2.41. The van der Waals surface area contributed by atoms with E-state index in [0.717, 1.165) is 0 Å². The molecule has 0 amide bonds. The number of nitrogen functional groups attached to an aromatic ring is 1. The van der Waals surface area contributed by atoms with Crippen LogP contribution < -0.4 is 5.73 Å². The predicted octanol–water partition coefficient (Wildman–Crippen LogP) is 2.60. The Morgan fingerprint density at radius 3 is 2.92 bits per heavy atom. The number of hydrogen-bond acceptors (Lipinski definition) is 6. The van der Waals surface area contributed by atoms with Gasteiger partial charge in [-0.05, 0) is 29.8 Å². The molecule has 0 atom stereocenters. The maximum Gasteiger partial charge on any atom is 0.336 e. The highest BCUT2D eigenvalue weighted by Gasteiger charge is 2.12. The molecular formula is C17H16BrN5O3. The van der Waals surface area contributed by atoms with Gasteiger partial charge in [0.1, 0.15) is 17.8 Å². The zero-order valence-electron chi connectivity index (χ0n) is 13.7. The molecule has 0 spiro atoms. The van der Waals surface area contributed by atoms with Crippen LogP contribution in [0.5, 0.6) is 0 Å². The molecule has 8 nitrogen and oxygen atoms in total. The summed E-state index contributed by atoms with van der Waals surface area (Å²) in [4.78, 5) is 15.5. The summed E-state index contributed by atoms with van der Waals surface area (Å²) >= 11 is 3.27. The average molecular weight is 418 g/mol. The summed E-state index contributed by atoms with van der Waals surface area (Å²) in [7, 11) is 0. The van der Waals surface area contributed by atoms with E-state index in [9.17, 15) is 9.90 Å². The van der Waals surface area contributed by atoms with Crippen molar-refractivity contribution in [3.05, 3.63) is 58.3 Å². The normalized spacial score (nSPS) is 10.8. The van der Waals surface area contributed by atoms with Crippen LogP contribution in [0.3, 0.4) is 0 Å². The number of nitrogens with zero attached hydrogens (tertiary/aromatic N) is 4. The molecule has 3 aromatic rings. The first-order valence-electron chi connectivity index (χ1n) is 7.75. The summed E-state index contributed by atoms with van der Waals surface area (Å²) in [6.07, 6.45) is 1.59. The van der Waals surface area contributed by atoms with Crippen LogP contribution in [0.4, 0.5) is 5.82 Å². The maximum atomic E-state index is 11.3. The first kappa shape index (κ1) is 18.0. The van der Waals surface area contributed by atoms with E-state index in [1.807, 2.05) is 4.57 Å². The molecule has 3 rings (SSSR count). The van der Waals surface area contributed by atoms with Gasteiger partial charge >= 0.3 is 5.97 Å². The van der Waals surface area contributed by atoms with Gasteiger partial charge in [0.2, 0.25) is 0 Å². The number of halogens is 1. The summed E-state index contributed by atoms with van der Waals surface area (Å²) in [5, 5.41) is 17.2. The molecule has 0 unspecified atom stereocenters. The van der Waals surface area contributed by atoms with Crippen molar-refractivity contribution >= 4 is 27.7 Å². The van der Waals surface area contributed by atoms with Gasteiger partial charge in [0.05, 0.1) is 18.8 Å². The van der Waals surface area contributed by atoms with Gasteiger partial charge in [-0.25, -0.2) is 9.78 Å². The molecule has 0 saturated heterocycles. The number of aromatic carboxylic acids is 1. The third-order valence-corrected chi connectivity index (χ3v) is 4.14. The Bertz CT molecular complexity index is 928. The van der Waals surface area contributed by atoms with E-state index in [0.29, 0.717) is 40.5 Å². The number of anilines is 1. The number of carbonyl (C=O) groups is 1. The highest BCUT2D eigenvalue weighted by molar-refractivity contribution is 9.10. The second kappa shape index (κ2) is 8.07. The molecule has 0 aliphatic heterocycles. The number of ether oxygens (including phenoxy) is 1. The lowest BCUT2D eigenvalue weighted by atomic mass is 10.1. The Balaban J connectivity index is 1.62. The summed E-state index contributed by atoms with van der Waals surface area (Å²) in [5.41, 5.74) is 7.16. The molecule has 3 N–H and O–H groups in total. The van der Waals surface area contributed by atoms with Gasteiger partial charge in [0.25, 0.3) is 0 Å². The smallest absolute Gasteiger partial charge is 0.336 e. The number of carboxylic acids is 1. The Morgan fingerprint density at radius 1 is 1.31 bits per heavy atom. The van der Waals surface area contributed by atoms with Gasteiger partial charge in [-0.2, -0.15) is 0 Å². The molecule has 2 heterocycles. The first-order valence-corrected chi connectivity index (χ1v) is 8.54. The zero-order chi connectivity index (χ0) is 18.5. The number of aromatic nitrogens is 4. The molecule has 0 saturated carbocycles. The van der Waals surface area contributed by atoms with Crippen LogP contribution in [0, 0.1) is 0 Å². The lowest BCUT2D eigenvalue weighted by Crippen LogP contribution is -2.09. The first-order chi connectivity index (χ1) is 12.5. The highest BCUT2D eigenvalue weighted by atomic mass is 79.9. The van der Waals surface area contributed by atoms with Crippen molar-refractivity contribution in [1.82, 2.24) is 19.7 Å². The number of benzene rings is 1. The lowest BCUT2D eigenvalue weighted by molar-refractivity contribution is 0.0686. The van der Waals surface area contributed by atoms with E-state index >= 15 is 0 Å². The molecule has 2 aromatic heterocycles. The molecule has 9 heteroatoms. The number of hydrogen-bond donors (Lipinski definition) is 2. The minimum atomic E-state index is -0.987. The van der Waals surface area contributed by atoms with Crippen molar-refractivity contribution in [3.8, 4) is 11.5 Å². The number of pyridine rings is 1. The fraction of sp³-hybridized carbons (Fsp3) is 0.176. The molecule has 0 aliphatic carbocycles. The van der Waals surface area contributed by atoms with Gasteiger partial charge in [0, 0.05) is 11.0 Å². The minimum absolute atomic E-state index is 0.197.